The Hall–Kier alpha value is -2.57. The lowest BCUT2D eigenvalue weighted by molar-refractivity contribution is -0.192. The van der Waals surface area contributed by atoms with E-state index < -0.39 is 30.1 Å². The summed E-state index contributed by atoms with van der Waals surface area (Å²) in [6.07, 6.45) is 5.12. The van der Waals surface area contributed by atoms with Crippen molar-refractivity contribution in [2.75, 3.05) is 40.8 Å². The normalized spacial score (nSPS) is 27.8. The topological polar surface area (TPSA) is 144 Å². The molecule has 12 nitrogen and oxygen atoms in total. The van der Waals surface area contributed by atoms with E-state index >= 15 is 0 Å². The van der Waals surface area contributed by atoms with Crippen molar-refractivity contribution in [1.29, 1.82) is 0 Å². The number of imide groups is 1. The summed E-state index contributed by atoms with van der Waals surface area (Å²) in [7, 11) is 2.83. The molecule has 1 saturated carbocycles. The van der Waals surface area contributed by atoms with Crippen molar-refractivity contribution in [3.63, 3.8) is 0 Å². The third-order valence-electron chi connectivity index (χ3n) is 8.20. The molecule has 2 amide bonds. The van der Waals surface area contributed by atoms with Crippen molar-refractivity contribution in [2.24, 2.45) is 29.6 Å². The van der Waals surface area contributed by atoms with Gasteiger partial charge in [0.05, 0.1) is 44.7 Å². The van der Waals surface area contributed by atoms with Gasteiger partial charge in [-0.1, -0.05) is 27.7 Å². The standard InChI is InChI=1S/C18H27NO5.C11H20O6/c1-11-12(2)17(21)19(16(11)20)14-8-6-13(7-9-14)18(22)24-15-5-3-4-10-23-15;1-8(10(12)15-4)9(2)11(13)17-7-16-6-5-14-3/h11-15H,3-10H2,1-2H3;8-9H,5-7H2,1-4H3. The Balaban J connectivity index is 0.000000307. The lowest BCUT2D eigenvalue weighted by atomic mass is 9.85. The number of esters is 3. The Kier molecular flexibility index (Phi) is 14.7. The molecule has 2 heterocycles. The molecule has 12 heteroatoms. The van der Waals surface area contributed by atoms with Gasteiger partial charge in [0.15, 0.2) is 6.79 Å². The Morgan fingerprint density at radius 1 is 0.878 bits per heavy atom. The zero-order chi connectivity index (χ0) is 30.5. The predicted octanol–water partition coefficient (Wildman–Crippen LogP) is 2.85. The molecule has 41 heavy (non-hydrogen) atoms. The number of hydrogen-bond acceptors (Lipinski definition) is 11. The number of hydrogen-bond donors (Lipinski definition) is 0. The molecule has 3 rings (SSSR count). The fraction of sp³-hybridized carbons (Fsp3) is 0.828. The van der Waals surface area contributed by atoms with E-state index in [1.807, 2.05) is 13.8 Å². The van der Waals surface area contributed by atoms with E-state index in [-0.39, 0.29) is 48.4 Å². The molecule has 0 radical (unpaired) electrons. The molecule has 1 aliphatic carbocycles. The molecule has 3 fully saturated rings. The first kappa shape index (κ1) is 34.6. The van der Waals surface area contributed by atoms with E-state index in [2.05, 4.69) is 4.74 Å². The van der Waals surface area contributed by atoms with E-state index in [9.17, 15) is 24.0 Å². The van der Waals surface area contributed by atoms with Crippen LogP contribution in [0.1, 0.15) is 72.6 Å². The number of carbonyl (C=O) groups excluding carboxylic acids is 5. The van der Waals surface area contributed by atoms with Crippen LogP contribution in [0.25, 0.3) is 0 Å². The van der Waals surface area contributed by atoms with Gasteiger partial charge >= 0.3 is 17.9 Å². The number of methoxy groups -OCH3 is 2. The minimum atomic E-state index is -0.562. The first-order valence-electron chi connectivity index (χ1n) is 14.5. The molecule has 5 atom stereocenters. The number of rotatable bonds is 11. The fourth-order valence-corrected chi connectivity index (χ4v) is 4.96. The minimum Gasteiger partial charge on any atom is -0.469 e. The van der Waals surface area contributed by atoms with Crippen LogP contribution in [-0.2, 0) is 52.4 Å². The summed E-state index contributed by atoms with van der Waals surface area (Å²) in [5.41, 5.74) is 0. The van der Waals surface area contributed by atoms with Crippen molar-refractivity contribution in [2.45, 2.75) is 85.0 Å². The van der Waals surface area contributed by atoms with E-state index in [4.69, 9.17) is 23.7 Å². The van der Waals surface area contributed by atoms with Crippen LogP contribution < -0.4 is 0 Å². The van der Waals surface area contributed by atoms with Crippen LogP contribution in [0.2, 0.25) is 0 Å². The number of amides is 2. The highest BCUT2D eigenvalue weighted by Crippen LogP contribution is 2.35. The van der Waals surface area contributed by atoms with Crippen LogP contribution in [0.15, 0.2) is 0 Å². The third kappa shape index (κ3) is 10.0. The number of nitrogens with zero attached hydrogens (tertiary/aromatic N) is 1. The molecule has 3 aliphatic rings. The molecule has 0 aromatic heterocycles. The lowest BCUT2D eigenvalue weighted by Crippen LogP contribution is -2.43. The molecule has 0 spiro atoms. The zero-order valence-electron chi connectivity index (χ0n) is 25.3. The number of likely N-dealkylation sites (tertiary alicyclic amines) is 1. The quantitative estimate of drug-likeness (QED) is 0.116. The summed E-state index contributed by atoms with van der Waals surface area (Å²) in [5.74, 6) is -2.94. The summed E-state index contributed by atoms with van der Waals surface area (Å²) >= 11 is 0. The fourth-order valence-electron chi connectivity index (χ4n) is 4.96. The summed E-state index contributed by atoms with van der Waals surface area (Å²) in [4.78, 5) is 61.0. The Morgan fingerprint density at radius 2 is 1.49 bits per heavy atom. The number of carbonyl (C=O) groups is 5. The van der Waals surface area contributed by atoms with Crippen molar-refractivity contribution in [1.82, 2.24) is 4.90 Å². The van der Waals surface area contributed by atoms with Crippen LogP contribution in [0.3, 0.4) is 0 Å². The maximum absolute atomic E-state index is 12.3. The molecule has 5 unspecified atom stereocenters. The van der Waals surface area contributed by atoms with Gasteiger partial charge in [0.25, 0.3) is 0 Å². The summed E-state index contributed by atoms with van der Waals surface area (Å²) < 4.78 is 30.0. The smallest absolute Gasteiger partial charge is 0.311 e. The van der Waals surface area contributed by atoms with Crippen LogP contribution in [-0.4, -0.2) is 87.8 Å². The van der Waals surface area contributed by atoms with Gasteiger partial charge in [-0.15, -0.1) is 0 Å². The van der Waals surface area contributed by atoms with E-state index in [0.29, 0.717) is 45.5 Å². The first-order valence-corrected chi connectivity index (χ1v) is 14.5. The Morgan fingerprint density at radius 3 is 2.02 bits per heavy atom. The average molecular weight is 586 g/mol. The molecule has 2 saturated heterocycles. The number of ether oxygens (including phenoxy) is 6. The first-order chi connectivity index (χ1) is 19.5. The second-order valence-electron chi connectivity index (χ2n) is 10.9. The van der Waals surface area contributed by atoms with Crippen LogP contribution in [0.5, 0.6) is 0 Å². The summed E-state index contributed by atoms with van der Waals surface area (Å²) in [6, 6.07) is -0.0626. The van der Waals surface area contributed by atoms with Gasteiger partial charge in [0.2, 0.25) is 18.1 Å². The van der Waals surface area contributed by atoms with Crippen LogP contribution >= 0.6 is 0 Å². The van der Waals surface area contributed by atoms with Crippen LogP contribution in [0, 0.1) is 29.6 Å². The highest BCUT2D eigenvalue weighted by Gasteiger charge is 2.46. The van der Waals surface area contributed by atoms with Crippen molar-refractivity contribution < 1.29 is 52.4 Å². The Bertz CT molecular complexity index is 860. The van der Waals surface area contributed by atoms with E-state index in [0.717, 1.165) is 19.3 Å². The highest BCUT2D eigenvalue weighted by molar-refractivity contribution is 6.05. The second-order valence-corrected chi connectivity index (χ2v) is 10.9. The monoisotopic (exact) mass is 585 g/mol. The molecule has 0 N–H and O–H groups in total. The SMILES string of the molecule is CC1C(=O)N(C2CCC(C(=O)OC3CCCCO3)CC2)C(=O)C1C.COCCOCOC(=O)C(C)C(C)C(=O)OC. The van der Waals surface area contributed by atoms with E-state index in [1.165, 1.54) is 12.0 Å². The molecular formula is C29H47NO11. The van der Waals surface area contributed by atoms with Crippen molar-refractivity contribution >= 4 is 29.7 Å². The Labute approximate surface area is 242 Å². The average Bonchev–Trinajstić information content (AvgIpc) is 3.18. The van der Waals surface area contributed by atoms with Crippen LogP contribution in [0.4, 0.5) is 0 Å². The van der Waals surface area contributed by atoms with Gasteiger partial charge in [-0.2, -0.15) is 0 Å². The van der Waals surface area contributed by atoms with Gasteiger partial charge in [-0.3, -0.25) is 28.9 Å². The third-order valence-corrected chi connectivity index (χ3v) is 8.20. The van der Waals surface area contributed by atoms with Crippen molar-refractivity contribution in [3.8, 4) is 0 Å². The maximum Gasteiger partial charge on any atom is 0.311 e. The van der Waals surface area contributed by atoms with Gasteiger partial charge in [-0.05, 0) is 38.5 Å². The van der Waals surface area contributed by atoms with Crippen molar-refractivity contribution in [3.05, 3.63) is 0 Å². The van der Waals surface area contributed by atoms with Gasteiger partial charge < -0.3 is 28.4 Å². The predicted molar refractivity (Wildman–Crippen MR) is 145 cm³/mol. The molecular weight excluding hydrogens is 538 g/mol. The van der Waals surface area contributed by atoms with Gasteiger partial charge in [0.1, 0.15) is 0 Å². The lowest BCUT2D eigenvalue weighted by Gasteiger charge is -2.33. The summed E-state index contributed by atoms with van der Waals surface area (Å²) in [5, 5.41) is 0. The molecule has 0 aromatic rings. The molecule has 0 aromatic carbocycles. The van der Waals surface area contributed by atoms with Gasteiger partial charge in [-0.25, -0.2) is 0 Å². The highest BCUT2D eigenvalue weighted by atomic mass is 16.7. The van der Waals surface area contributed by atoms with E-state index in [1.54, 1.807) is 21.0 Å². The minimum absolute atomic E-state index is 0.0610. The maximum atomic E-state index is 12.3. The molecule has 2 aliphatic heterocycles. The zero-order valence-corrected chi connectivity index (χ0v) is 25.3. The van der Waals surface area contributed by atoms with Gasteiger partial charge in [0, 0.05) is 31.4 Å². The summed E-state index contributed by atoms with van der Waals surface area (Å²) in [6.45, 7) is 8.16. The molecule has 0 bridgehead atoms. The largest absolute Gasteiger partial charge is 0.469 e. The second kappa shape index (κ2) is 17.4. The molecule has 234 valence electrons.